The van der Waals surface area contributed by atoms with Crippen molar-refractivity contribution in [2.24, 2.45) is 0 Å². The predicted octanol–water partition coefficient (Wildman–Crippen LogP) is 2.37. The Morgan fingerprint density at radius 1 is 1.47 bits per heavy atom. The van der Waals surface area contributed by atoms with Gasteiger partial charge in [0.25, 0.3) is 0 Å². The fourth-order valence-electron chi connectivity index (χ4n) is 1.28. The van der Waals surface area contributed by atoms with Crippen LogP contribution >= 0.6 is 11.3 Å². The second kappa shape index (κ2) is 4.88. The van der Waals surface area contributed by atoms with E-state index in [1.807, 2.05) is 6.92 Å². The van der Waals surface area contributed by atoms with Crippen molar-refractivity contribution in [3.63, 3.8) is 0 Å². The quantitative estimate of drug-likeness (QED) is 0.665. The maximum atomic E-state index is 10.4. The zero-order valence-electron chi connectivity index (χ0n) is 9.08. The van der Waals surface area contributed by atoms with Gasteiger partial charge in [-0.05, 0) is 22.9 Å². The molecule has 2 aromatic heterocycles. The van der Waals surface area contributed by atoms with E-state index in [0.29, 0.717) is 6.54 Å². The van der Waals surface area contributed by atoms with Crippen LogP contribution in [0.25, 0.3) is 0 Å². The van der Waals surface area contributed by atoms with Crippen molar-refractivity contribution in [3.05, 3.63) is 44.5 Å². The van der Waals surface area contributed by atoms with Gasteiger partial charge in [0.1, 0.15) is 0 Å². The fraction of sp³-hybridized carbons (Fsp3) is 0.200. The Balaban J connectivity index is 2.00. The van der Waals surface area contributed by atoms with Crippen molar-refractivity contribution in [1.29, 1.82) is 0 Å². The van der Waals surface area contributed by atoms with Gasteiger partial charge in [0.2, 0.25) is 0 Å². The molecule has 0 aliphatic heterocycles. The van der Waals surface area contributed by atoms with Crippen LogP contribution in [0.1, 0.15) is 10.6 Å². The average molecular weight is 250 g/mol. The molecule has 2 heterocycles. The molecule has 0 unspecified atom stereocenters. The molecular weight excluding hydrogens is 240 g/mol. The van der Waals surface area contributed by atoms with E-state index in [9.17, 15) is 10.1 Å². The molecule has 0 aliphatic carbocycles. The van der Waals surface area contributed by atoms with Crippen molar-refractivity contribution < 1.29 is 4.92 Å². The monoisotopic (exact) mass is 250 g/mol. The summed E-state index contributed by atoms with van der Waals surface area (Å²) >= 11 is 1.57. The molecule has 0 atom stereocenters. The van der Waals surface area contributed by atoms with E-state index in [1.165, 1.54) is 12.3 Å². The van der Waals surface area contributed by atoms with Gasteiger partial charge in [-0.1, -0.05) is 0 Å². The minimum Gasteiger partial charge on any atom is -0.377 e. The summed E-state index contributed by atoms with van der Waals surface area (Å²) in [6.45, 7) is 2.59. The number of aryl methyl sites for hydroxylation is 1. The minimum atomic E-state index is -0.517. The third-order valence-electron chi connectivity index (χ3n) is 2.23. The van der Waals surface area contributed by atoms with Gasteiger partial charge in [0.05, 0.1) is 23.4 Å². The van der Waals surface area contributed by atoms with E-state index in [-0.39, 0.29) is 5.82 Å². The second-order valence-corrected chi connectivity index (χ2v) is 4.32. The van der Waals surface area contributed by atoms with Gasteiger partial charge in [-0.15, -0.1) is 11.3 Å². The molecule has 0 spiro atoms. The number of hydrogen-bond donors (Lipinski definition) is 1. The SMILES string of the molecule is Cc1ncsc1CNc1ccc([N+](=O)[O-])nc1. The van der Waals surface area contributed by atoms with Crippen LogP contribution in [0.3, 0.4) is 0 Å². The first-order chi connectivity index (χ1) is 8.16. The minimum absolute atomic E-state index is 0.149. The first-order valence-electron chi connectivity index (χ1n) is 4.90. The molecule has 88 valence electrons. The lowest BCUT2D eigenvalue weighted by Gasteiger charge is -2.02. The number of nitrogens with one attached hydrogen (secondary N) is 1. The Morgan fingerprint density at radius 2 is 2.29 bits per heavy atom. The number of anilines is 1. The molecule has 6 nitrogen and oxygen atoms in total. The van der Waals surface area contributed by atoms with Crippen LogP contribution in [0, 0.1) is 17.0 Å². The molecule has 0 aromatic carbocycles. The molecule has 2 aromatic rings. The van der Waals surface area contributed by atoms with Crippen LogP contribution in [0.2, 0.25) is 0 Å². The van der Waals surface area contributed by atoms with Gasteiger partial charge in [-0.3, -0.25) is 0 Å². The van der Waals surface area contributed by atoms with Crippen molar-refractivity contribution in [2.45, 2.75) is 13.5 Å². The highest BCUT2D eigenvalue weighted by atomic mass is 32.1. The van der Waals surface area contributed by atoms with Gasteiger partial charge in [0, 0.05) is 10.9 Å². The van der Waals surface area contributed by atoms with Crippen LogP contribution in [-0.4, -0.2) is 14.9 Å². The summed E-state index contributed by atoms with van der Waals surface area (Å²) in [4.78, 5) is 18.9. The second-order valence-electron chi connectivity index (χ2n) is 3.38. The highest BCUT2D eigenvalue weighted by Crippen LogP contribution is 2.16. The predicted molar refractivity (Wildman–Crippen MR) is 65.1 cm³/mol. The molecule has 0 fully saturated rings. The van der Waals surface area contributed by atoms with Gasteiger partial charge in [-0.25, -0.2) is 4.98 Å². The highest BCUT2D eigenvalue weighted by Gasteiger charge is 2.06. The fourth-order valence-corrected chi connectivity index (χ4v) is 1.99. The number of rotatable bonds is 4. The molecule has 0 amide bonds. The number of thiazole rings is 1. The first-order valence-corrected chi connectivity index (χ1v) is 5.78. The van der Waals surface area contributed by atoms with Crippen LogP contribution in [0.5, 0.6) is 0 Å². The van der Waals surface area contributed by atoms with Crippen molar-refractivity contribution in [2.75, 3.05) is 5.32 Å². The summed E-state index contributed by atoms with van der Waals surface area (Å²) in [5.41, 5.74) is 3.54. The van der Waals surface area contributed by atoms with E-state index in [2.05, 4.69) is 15.3 Å². The lowest BCUT2D eigenvalue weighted by molar-refractivity contribution is -0.389. The van der Waals surface area contributed by atoms with Crippen LogP contribution in [0.4, 0.5) is 11.5 Å². The van der Waals surface area contributed by atoms with Gasteiger partial charge >= 0.3 is 5.82 Å². The van der Waals surface area contributed by atoms with Crippen molar-refractivity contribution in [1.82, 2.24) is 9.97 Å². The third-order valence-corrected chi connectivity index (χ3v) is 3.17. The topological polar surface area (TPSA) is 81.0 Å². The molecule has 17 heavy (non-hydrogen) atoms. The Kier molecular flexibility index (Phi) is 3.29. The number of nitrogens with zero attached hydrogens (tertiary/aromatic N) is 3. The average Bonchev–Trinajstić information content (AvgIpc) is 2.73. The zero-order valence-corrected chi connectivity index (χ0v) is 9.90. The Labute approximate surface area is 102 Å². The number of nitro groups is 1. The molecule has 1 N–H and O–H groups in total. The summed E-state index contributed by atoms with van der Waals surface area (Å²) in [5.74, 6) is -0.149. The van der Waals surface area contributed by atoms with E-state index >= 15 is 0 Å². The smallest absolute Gasteiger partial charge is 0.363 e. The van der Waals surface area contributed by atoms with E-state index in [1.54, 1.807) is 22.9 Å². The van der Waals surface area contributed by atoms with Crippen LogP contribution < -0.4 is 5.32 Å². The van der Waals surface area contributed by atoms with Crippen LogP contribution in [0.15, 0.2) is 23.8 Å². The molecule has 0 bridgehead atoms. The Hall–Kier alpha value is -2.02. The summed E-state index contributed by atoms with van der Waals surface area (Å²) in [7, 11) is 0. The first kappa shape index (κ1) is 11.5. The van der Waals surface area contributed by atoms with Gasteiger partial charge in [0.15, 0.2) is 6.20 Å². The zero-order chi connectivity index (χ0) is 12.3. The maximum absolute atomic E-state index is 10.4. The van der Waals surface area contributed by atoms with Crippen molar-refractivity contribution >= 4 is 22.8 Å². The summed E-state index contributed by atoms with van der Waals surface area (Å²) in [5, 5.41) is 13.6. The number of pyridine rings is 1. The molecule has 0 saturated carbocycles. The van der Waals surface area contributed by atoms with Crippen LogP contribution in [-0.2, 0) is 6.54 Å². The molecular formula is C10H10N4O2S. The largest absolute Gasteiger partial charge is 0.377 e. The normalized spacial score (nSPS) is 10.2. The van der Waals surface area contributed by atoms with Gasteiger partial charge in [-0.2, -0.15) is 0 Å². The van der Waals surface area contributed by atoms with Crippen molar-refractivity contribution in [3.8, 4) is 0 Å². The Morgan fingerprint density at radius 3 is 2.82 bits per heavy atom. The highest BCUT2D eigenvalue weighted by molar-refractivity contribution is 7.09. The van der Waals surface area contributed by atoms with E-state index in [0.717, 1.165) is 16.3 Å². The van der Waals surface area contributed by atoms with Gasteiger partial charge < -0.3 is 15.4 Å². The molecule has 0 saturated heterocycles. The molecule has 0 radical (unpaired) electrons. The Bertz CT molecular complexity index is 523. The molecule has 0 aliphatic rings. The van der Waals surface area contributed by atoms with E-state index in [4.69, 9.17) is 0 Å². The third kappa shape index (κ3) is 2.76. The lowest BCUT2D eigenvalue weighted by Crippen LogP contribution is -2.00. The summed E-state index contributed by atoms with van der Waals surface area (Å²) in [6, 6.07) is 3.02. The number of hydrogen-bond acceptors (Lipinski definition) is 6. The molecule has 2 rings (SSSR count). The summed E-state index contributed by atoms with van der Waals surface area (Å²) in [6.07, 6.45) is 1.45. The summed E-state index contributed by atoms with van der Waals surface area (Å²) < 4.78 is 0. The number of aromatic nitrogens is 2. The maximum Gasteiger partial charge on any atom is 0.363 e. The molecule has 7 heteroatoms. The lowest BCUT2D eigenvalue weighted by atomic mass is 10.3. The standard InChI is InChI=1S/C10H10N4O2S/c1-7-9(17-6-13-7)5-11-8-2-3-10(12-4-8)14(15)16/h2-4,6,11H,5H2,1H3. The van der Waals surface area contributed by atoms with E-state index < -0.39 is 4.92 Å².